The Kier molecular flexibility index (Phi) is 4.04. The van der Waals surface area contributed by atoms with E-state index in [9.17, 15) is 18.4 Å². The lowest BCUT2D eigenvalue weighted by Crippen LogP contribution is -2.24. The van der Waals surface area contributed by atoms with Gasteiger partial charge in [0, 0.05) is 28.2 Å². The predicted molar refractivity (Wildman–Crippen MR) is 116 cm³/mol. The van der Waals surface area contributed by atoms with Gasteiger partial charge in [-0.1, -0.05) is 44.5 Å². The van der Waals surface area contributed by atoms with Gasteiger partial charge in [0.1, 0.15) is 0 Å². The first kappa shape index (κ1) is 15.0. The number of rotatable bonds is 5. The maximum atomic E-state index is 13.3. The van der Waals surface area contributed by atoms with Crippen molar-refractivity contribution in [3.8, 4) is 0 Å². The van der Waals surface area contributed by atoms with Gasteiger partial charge in [-0.2, -0.15) is 4.73 Å². The summed E-state index contributed by atoms with van der Waals surface area (Å²) in [7, 11) is -4.77. The number of benzene rings is 2. The van der Waals surface area contributed by atoms with E-state index in [1.165, 1.54) is 6.07 Å². The SMILES string of the molecule is [2H]c1c[n+]([O-])cc([2H])c1C(=O)c1cc(Cl)ccc1NS(=O)(=O)c1c([2H])c([2H])c(C(C)(C)C)c([2H])c1[2H]. The fraction of sp³-hybridized carbons (Fsp3) is 0.182. The van der Waals surface area contributed by atoms with E-state index < -0.39 is 67.9 Å². The molecule has 1 aromatic heterocycles. The number of carbonyl (C=O) groups excluding carboxylic acids is 1. The van der Waals surface area contributed by atoms with Crippen molar-refractivity contribution in [2.75, 3.05) is 4.72 Å². The van der Waals surface area contributed by atoms with Gasteiger partial charge in [0.15, 0.2) is 18.2 Å². The summed E-state index contributed by atoms with van der Waals surface area (Å²) in [6.07, 6.45) is 1.53. The zero-order valence-electron chi connectivity index (χ0n) is 22.3. The fourth-order valence-electron chi connectivity index (χ4n) is 2.40. The topological polar surface area (TPSA) is 90.2 Å². The van der Waals surface area contributed by atoms with Crippen molar-refractivity contribution in [2.45, 2.75) is 31.1 Å². The first-order valence-corrected chi connectivity index (χ1v) is 10.5. The van der Waals surface area contributed by atoms with Crippen LogP contribution >= 0.6 is 11.6 Å². The van der Waals surface area contributed by atoms with Gasteiger partial charge in [-0.25, -0.2) is 8.42 Å². The molecular weight excluding hydrogens is 424 g/mol. The molecule has 0 saturated heterocycles. The van der Waals surface area contributed by atoms with Crippen LogP contribution in [0.5, 0.6) is 0 Å². The lowest BCUT2D eigenvalue weighted by molar-refractivity contribution is -0.605. The lowest BCUT2D eigenvalue weighted by Gasteiger charge is -2.19. The molecule has 0 atom stereocenters. The maximum absolute atomic E-state index is 13.3. The zero-order chi connectivity index (χ0) is 27.3. The number of nitrogens with zero attached hydrogens (tertiary/aromatic N) is 1. The summed E-state index contributed by atoms with van der Waals surface area (Å²) in [6.45, 7) is 5.02. The van der Waals surface area contributed by atoms with Crippen molar-refractivity contribution >= 4 is 33.1 Å². The molecule has 156 valence electrons. The summed E-state index contributed by atoms with van der Waals surface area (Å²) < 4.78 is 77.9. The second kappa shape index (κ2) is 8.08. The van der Waals surface area contributed by atoms with E-state index >= 15 is 0 Å². The van der Waals surface area contributed by atoms with Crippen molar-refractivity contribution in [2.24, 2.45) is 0 Å². The van der Waals surface area contributed by atoms with Gasteiger partial charge < -0.3 is 5.21 Å². The van der Waals surface area contributed by atoms with Gasteiger partial charge in [0.05, 0.1) is 18.8 Å². The highest BCUT2D eigenvalue weighted by atomic mass is 35.5. The predicted octanol–water partition coefficient (Wildman–Crippen LogP) is 4.30. The first-order chi connectivity index (χ1) is 16.5. The Labute approximate surface area is 189 Å². The van der Waals surface area contributed by atoms with Crippen LogP contribution in [0.1, 0.15) is 50.5 Å². The molecular formula is C22H21ClN2O4S. The summed E-state index contributed by atoms with van der Waals surface area (Å²) in [5.74, 6) is -0.964. The average molecular weight is 451 g/mol. The summed E-state index contributed by atoms with van der Waals surface area (Å²) >= 11 is 6.01. The van der Waals surface area contributed by atoms with Crippen molar-refractivity contribution in [1.29, 1.82) is 0 Å². The Morgan fingerprint density at radius 2 is 1.70 bits per heavy atom. The number of hydrogen-bond acceptors (Lipinski definition) is 4. The molecule has 8 heteroatoms. The second-order valence-corrected chi connectivity index (χ2v) is 9.42. The van der Waals surface area contributed by atoms with Crippen LogP contribution in [-0.4, -0.2) is 14.2 Å². The lowest BCUT2D eigenvalue weighted by atomic mass is 9.87. The summed E-state index contributed by atoms with van der Waals surface area (Å²) in [6, 6.07) is -0.169. The number of carbonyl (C=O) groups is 1. The van der Waals surface area contributed by atoms with Gasteiger partial charge in [-0.3, -0.25) is 9.52 Å². The number of sulfonamides is 1. The van der Waals surface area contributed by atoms with E-state index in [-0.39, 0.29) is 26.6 Å². The molecule has 2 aromatic carbocycles. The van der Waals surface area contributed by atoms with Crippen LogP contribution < -0.4 is 9.45 Å². The molecule has 0 amide bonds. The third kappa shape index (κ3) is 4.80. The Balaban J connectivity index is 2.19. The van der Waals surface area contributed by atoms with E-state index in [1.54, 1.807) is 20.8 Å². The van der Waals surface area contributed by atoms with E-state index in [1.807, 2.05) is 0 Å². The van der Waals surface area contributed by atoms with Gasteiger partial charge in [-0.05, 0) is 41.3 Å². The molecule has 0 aliphatic heterocycles. The van der Waals surface area contributed by atoms with Crippen LogP contribution in [0.25, 0.3) is 0 Å². The maximum Gasteiger partial charge on any atom is 0.261 e. The first-order valence-electron chi connectivity index (χ1n) is 11.6. The summed E-state index contributed by atoms with van der Waals surface area (Å²) in [5.41, 5.74) is -1.91. The number of ketones is 1. The molecule has 0 unspecified atom stereocenters. The van der Waals surface area contributed by atoms with E-state index in [0.717, 1.165) is 24.5 Å². The van der Waals surface area contributed by atoms with Crippen LogP contribution in [0.15, 0.2) is 71.7 Å². The molecule has 0 fully saturated rings. The molecule has 3 rings (SSSR count). The van der Waals surface area contributed by atoms with Crippen molar-refractivity contribution < 1.29 is 26.2 Å². The molecule has 3 aromatic rings. The summed E-state index contributed by atoms with van der Waals surface area (Å²) in [4.78, 5) is 12.3. The van der Waals surface area contributed by atoms with Crippen LogP contribution in [-0.2, 0) is 15.4 Å². The molecule has 0 saturated carbocycles. The molecule has 1 N–H and O–H groups in total. The summed E-state index contributed by atoms with van der Waals surface area (Å²) in [5, 5.41) is 11.5. The van der Waals surface area contributed by atoms with E-state index in [2.05, 4.69) is 4.72 Å². The van der Waals surface area contributed by atoms with Crippen LogP contribution in [0.4, 0.5) is 5.69 Å². The molecule has 0 radical (unpaired) electrons. The number of anilines is 1. The van der Waals surface area contributed by atoms with Crippen LogP contribution in [0, 0.1) is 5.21 Å². The van der Waals surface area contributed by atoms with Crippen LogP contribution in [0.2, 0.25) is 5.02 Å². The molecule has 6 nitrogen and oxygen atoms in total. The van der Waals surface area contributed by atoms with Gasteiger partial charge in [-0.15, -0.1) is 0 Å². The molecule has 30 heavy (non-hydrogen) atoms. The van der Waals surface area contributed by atoms with Gasteiger partial charge in [0.25, 0.3) is 10.0 Å². The third-order valence-corrected chi connectivity index (χ3v) is 5.46. The quantitative estimate of drug-likeness (QED) is 0.356. The van der Waals surface area contributed by atoms with E-state index in [4.69, 9.17) is 19.8 Å². The van der Waals surface area contributed by atoms with Crippen LogP contribution in [0.3, 0.4) is 0 Å². The monoisotopic (exact) mass is 450 g/mol. The number of halogens is 1. The highest BCUT2D eigenvalue weighted by Gasteiger charge is 2.21. The highest BCUT2D eigenvalue weighted by molar-refractivity contribution is 7.92. The number of aromatic nitrogens is 1. The normalized spacial score (nSPS) is 14.7. The third-order valence-electron chi connectivity index (χ3n) is 3.99. The molecule has 0 bridgehead atoms. The van der Waals surface area contributed by atoms with E-state index in [0.29, 0.717) is 0 Å². The zero-order valence-corrected chi connectivity index (χ0v) is 17.8. The van der Waals surface area contributed by atoms with Crippen molar-refractivity contribution in [3.05, 3.63) is 93.8 Å². The number of pyridine rings is 1. The molecule has 1 heterocycles. The number of hydrogen-bond donors (Lipinski definition) is 1. The standard InChI is InChI=1S/C22H21ClN2O4S/c1-22(2,3)16-4-7-18(8-5-16)30(28,29)24-20-9-6-17(23)14-19(20)21(26)15-10-12-25(27)13-11-15/h4-14,24H,1-3H3/i4D,5D,7D,8D,10D,11D. The minimum atomic E-state index is -4.77. The largest absolute Gasteiger partial charge is 0.619 e. The Hall–Kier alpha value is -2.90. The molecule has 0 aliphatic rings. The Bertz CT molecular complexity index is 1470. The minimum Gasteiger partial charge on any atom is -0.619 e. The second-order valence-electron chi connectivity index (χ2n) is 7.36. The van der Waals surface area contributed by atoms with Gasteiger partial charge >= 0.3 is 0 Å². The average Bonchev–Trinajstić information content (AvgIpc) is 2.71. The highest BCUT2D eigenvalue weighted by Crippen LogP contribution is 2.27. The molecule has 0 aliphatic carbocycles. The smallest absolute Gasteiger partial charge is 0.261 e. The fourth-order valence-corrected chi connectivity index (χ4v) is 3.51. The molecule has 0 spiro atoms. The van der Waals surface area contributed by atoms with Crippen molar-refractivity contribution in [1.82, 2.24) is 0 Å². The van der Waals surface area contributed by atoms with Gasteiger partial charge in [0.2, 0.25) is 0 Å². The minimum absolute atomic E-state index is 0.0351. The Morgan fingerprint density at radius 1 is 1.10 bits per heavy atom. The van der Waals surface area contributed by atoms with Crippen molar-refractivity contribution in [3.63, 3.8) is 0 Å². The number of nitrogens with one attached hydrogen (secondary N) is 1. The Morgan fingerprint density at radius 3 is 2.27 bits per heavy atom.